The summed E-state index contributed by atoms with van der Waals surface area (Å²) < 4.78 is 0. The first-order valence-corrected chi connectivity index (χ1v) is 27.8. The molecule has 8 aromatic rings. The first-order valence-electron chi connectivity index (χ1n) is 20.4. The minimum atomic E-state index is -0.826. The zero-order valence-corrected chi connectivity index (χ0v) is 40.0. The van der Waals surface area contributed by atoms with Crippen LogP contribution < -0.4 is 10.4 Å². The molecule has 0 fully saturated rings. The molecule has 2 radical (unpaired) electrons. The number of benzene rings is 6. The molecule has 1 heterocycles. The van der Waals surface area contributed by atoms with E-state index < -0.39 is 20.8 Å². The van der Waals surface area contributed by atoms with E-state index in [1.165, 1.54) is 87.6 Å². The van der Waals surface area contributed by atoms with E-state index >= 15 is 0 Å². The van der Waals surface area contributed by atoms with E-state index in [0.29, 0.717) is 23.7 Å². The third-order valence-corrected chi connectivity index (χ3v) is 12.3. The molecular weight excluding hydrogens is 839 g/mol. The molecule has 0 atom stereocenters. The molecule has 8 aromatic carbocycles. The SMILES string of the molecule is CC(C)c1cc2c(-c3ccccc3C(C)C)cccc2[cH-]1.CC(C)c1cc2c(-c3ccccc3C(C)C)cccc2[cH-]1.[Cl][Zr][Cl].[c-]1cccc2c1[Si]c1ccccc1-2. The van der Waals surface area contributed by atoms with Crippen LogP contribution in [0.25, 0.3) is 54.9 Å². The van der Waals surface area contributed by atoms with Crippen molar-refractivity contribution in [1.82, 2.24) is 0 Å². The van der Waals surface area contributed by atoms with Crippen LogP contribution in [0, 0.1) is 6.07 Å². The average Bonchev–Trinajstić information content (AvgIpc) is 3.97. The monoisotopic (exact) mass is 889 g/mol. The van der Waals surface area contributed by atoms with E-state index in [9.17, 15) is 0 Å². The van der Waals surface area contributed by atoms with Crippen LogP contribution in [0.3, 0.4) is 0 Å². The standard InChI is InChI=1S/2C21H23.C12H7Si.2ClH.Zr/c2*1-14(2)17-12-16-8-7-11-20(21(16)13-17)19-10-6-5-9-18(19)15(3)4;1-3-7-11-9(5-1)10-6-2-4-8-12(10)13-11;;;/h2*5-15H,1-4H3;1-7H;2*1H;/q3*-1;;;+2/p-2. The van der Waals surface area contributed by atoms with Gasteiger partial charge in [-0.3, -0.25) is 0 Å². The van der Waals surface area contributed by atoms with Crippen LogP contribution in [0.2, 0.25) is 0 Å². The van der Waals surface area contributed by atoms with Crippen molar-refractivity contribution >= 4 is 58.5 Å². The van der Waals surface area contributed by atoms with E-state index in [2.05, 4.69) is 207 Å². The van der Waals surface area contributed by atoms with Gasteiger partial charge < -0.3 is 0 Å². The Kier molecular flexibility index (Phi) is 15.4. The van der Waals surface area contributed by atoms with E-state index in [1.54, 1.807) is 0 Å². The Balaban J connectivity index is 0.000000145. The molecule has 0 bridgehead atoms. The molecule has 294 valence electrons. The van der Waals surface area contributed by atoms with Gasteiger partial charge in [0.25, 0.3) is 0 Å². The molecule has 0 spiro atoms. The van der Waals surface area contributed by atoms with Crippen molar-refractivity contribution in [3.63, 3.8) is 0 Å². The van der Waals surface area contributed by atoms with Gasteiger partial charge in [0.2, 0.25) is 0 Å². The number of rotatable bonds is 6. The maximum Gasteiger partial charge on any atom is 0.0920 e. The second kappa shape index (κ2) is 20.5. The van der Waals surface area contributed by atoms with E-state index in [4.69, 9.17) is 17.0 Å². The molecule has 0 amide bonds. The third kappa shape index (κ3) is 10.1. The van der Waals surface area contributed by atoms with Gasteiger partial charge in [0.1, 0.15) is 0 Å². The third-order valence-electron chi connectivity index (χ3n) is 11.0. The summed E-state index contributed by atoms with van der Waals surface area (Å²) >= 11 is -0.826. The Morgan fingerprint density at radius 3 is 1.34 bits per heavy atom. The average molecular weight is 892 g/mol. The molecule has 0 saturated carbocycles. The Hall–Kier alpha value is -3.78. The maximum absolute atomic E-state index is 4.93. The normalized spacial score (nSPS) is 11.5. The van der Waals surface area contributed by atoms with Crippen molar-refractivity contribution in [2.45, 2.75) is 79.1 Å². The number of hydrogen-bond acceptors (Lipinski definition) is 0. The van der Waals surface area contributed by atoms with Gasteiger partial charge in [-0.05, 0) is 45.9 Å². The largest absolute Gasteiger partial charge is 0.184 e. The summed E-state index contributed by atoms with van der Waals surface area (Å²) in [4.78, 5) is 0. The van der Waals surface area contributed by atoms with Gasteiger partial charge in [-0.1, -0.05) is 162 Å². The van der Waals surface area contributed by atoms with Crippen LogP contribution in [-0.2, 0) is 20.8 Å². The van der Waals surface area contributed by atoms with Crippen LogP contribution in [-0.4, -0.2) is 9.52 Å². The summed E-state index contributed by atoms with van der Waals surface area (Å²) in [6.07, 6.45) is 0. The second-order valence-electron chi connectivity index (χ2n) is 16.2. The molecular formula is C54H53Cl2SiZr-3. The summed E-state index contributed by atoms with van der Waals surface area (Å²) in [7, 11) is 10.7. The van der Waals surface area contributed by atoms with Gasteiger partial charge in [-0.2, -0.15) is 41.6 Å². The Morgan fingerprint density at radius 1 is 0.466 bits per heavy atom. The van der Waals surface area contributed by atoms with Crippen molar-refractivity contribution in [3.05, 3.63) is 180 Å². The molecule has 0 aliphatic carbocycles. The van der Waals surface area contributed by atoms with Gasteiger partial charge in [0.05, 0.1) is 9.52 Å². The predicted octanol–water partition coefficient (Wildman–Crippen LogP) is 15.4. The summed E-state index contributed by atoms with van der Waals surface area (Å²) in [6.45, 7) is 18.1. The first kappa shape index (κ1) is 43.8. The van der Waals surface area contributed by atoms with Gasteiger partial charge in [0, 0.05) is 0 Å². The molecule has 1 aliphatic rings. The van der Waals surface area contributed by atoms with E-state index in [-0.39, 0.29) is 0 Å². The fourth-order valence-corrected chi connectivity index (χ4v) is 9.18. The smallest absolute Gasteiger partial charge is 0.0920 e. The molecule has 0 saturated heterocycles. The topological polar surface area (TPSA) is 0 Å². The van der Waals surface area contributed by atoms with E-state index in [1.807, 2.05) is 6.07 Å². The molecule has 58 heavy (non-hydrogen) atoms. The summed E-state index contributed by atoms with van der Waals surface area (Å²) in [6, 6.07) is 58.5. The van der Waals surface area contributed by atoms with Crippen LogP contribution >= 0.6 is 17.0 Å². The molecule has 0 aromatic heterocycles. The van der Waals surface area contributed by atoms with E-state index in [0.717, 1.165) is 9.52 Å². The Morgan fingerprint density at radius 2 is 0.879 bits per heavy atom. The minimum Gasteiger partial charge on any atom is -0.184 e. The van der Waals surface area contributed by atoms with Crippen molar-refractivity contribution in [1.29, 1.82) is 0 Å². The Bertz CT molecular complexity index is 2390. The summed E-state index contributed by atoms with van der Waals surface area (Å²) in [5.41, 5.74) is 14.0. The molecule has 0 nitrogen and oxygen atoms in total. The van der Waals surface area contributed by atoms with Crippen molar-refractivity contribution in [2.75, 3.05) is 0 Å². The van der Waals surface area contributed by atoms with Crippen LogP contribution in [0.5, 0.6) is 0 Å². The summed E-state index contributed by atoms with van der Waals surface area (Å²) in [5.74, 6) is 2.23. The predicted molar refractivity (Wildman–Crippen MR) is 254 cm³/mol. The zero-order valence-electron chi connectivity index (χ0n) is 35.0. The van der Waals surface area contributed by atoms with Gasteiger partial charge >= 0.3 is 37.9 Å². The number of fused-ring (bicyclic) bond motifs is 5. The first-order chi connectivity index (χ1) is 28.0. The fourth-order valence-electron chi connectivity index (χ4n) is 7.87. The number of halogens is 2. The van der Waals surface area contributed by atoms with Gasteiger partial charge in [-0.15, -0.1) is 74.6 Å². The minimum absolute atomic E-state index is 0.538. The van der Waals surface area contributed by atoms with Gasteiger partial charge in [0.15, 0.2) is 0 Å². The molecule has 9 rings (SSSR count). The molecule has 4 heteroatoms. The van der Waals surface area contributed by atoms with Crippen molar-refractivity contribution < 1.29 is 20.8 Å². The van der Waals surface area contributed by atoms with Crippen LogP contribution in [0.4, 0.5) is 0 Å². The zero-order chi connectivity index (χ0) is 41.3. The molecule has 0 N–H and O–H groups in total. The maximum atomic E-state index is 4.93. The van der Waals surface area contributed by atoms with Crippen LogP contribution in [0.1, 0.15) is 101 Å². The van der Waals surface area contributed by atoms with Crippen molar-refractivity contribution in [2.24, 2.45) is 0 Å². The van der Waals surface area contributed by atoms with Gasteiger partial charge in [-0.25, -0.2) is 0 Å². The molecule has 0 unspecified atom stereocenters. The quantitative estimate of drug-likeness (QED) is 0.115. The summed E-state index contributed by atoms with van der Waals surface area (Å²) in [5, 5.41) is 8.30. The van der Waals surface area contributed by atoms with Crippen LogP contribution in [0.15, 0.2) is 152 Å². The van der Waals surface area contributed by atoms with Crippen molar-refractivity contribution in [3.8, 4) is 33.4 Å². The molecule has 1 aliphatic heterocycles. The number of hydrogen-bond donors (Lipinski definition) is 0. The Labute approximate surface area is 368 Å². The second-order valence-corrected chi connectivity index (χ2v) is 21.2. The fraction of sp³-hybridized carbons (Fsp3) is 0.222.